The summed E-state index contributed by atoms with van der Waals surface area (Å²) in [5.74, 6) is -1.41. The molecule has 1 saturated carbocycles. The van der Waals surface area contributed by atoms with Crippen LogP contribution in [0.1, 0.15) is 18.4 Å². The highest BCUT2D eigenvalue weighted by Gasteiger charge is 2.53. The van der Waals surface area contributed by atoms with Crippen molar-refractivity contribution < 1.29 is 14.7 Å². The molecule has 1 aromatic rings. The van der Waals surface area contributed by atoms with Crippen molar-refractivity contribution in [1.82, 2.24) is 5.32 Å². The van der Waals surface area contributed by atoms with Crippen molar-refractivity contribution in [1.29, 1.82) is 0 Å². The lowest BCUT2D eigenvalue weighted by Gasteiger charge is -2.17. The third-order valence-corrected chi connectivity index (χ3v) is 3.66. The number of benzene rings is 1. The molecule has 6 heteroatoms. The van der Waals surface area contributed by atoms with Crippen LogP contribution < -0.4 is 5.32 Å². The first-order valence-electron chi connectivity index (χ1n) is 5.42. The molecule has 1 amide bonds. The van der Waals surface area contributed by atoms with Crippen LogP contribution in [-0.2, 0) is 15.0 Å². The molecule has 0 unspecified atom stereocenters. The van der Waals surface area contributed by atoms with Crippen LogP contribution in [0.25, 0.3) is 0 Å². The maximum atomic E-state index is 12.0. The van der Waals surface area contributed by atoms with E-state index in [0.29, 0.717) is 28.5 Å². The molecule has 0 spiro atoms. The minimum Gasteiger partial charge on any atom is -0.480 e. The van der Waals surface area contributed by atoms with Crippen molar-refractivity contribution in [3.05, 3.63) is 33.8 Å². The van der Waals surface area contributed by atoms with Gasteiger partial charge in [0.25, 0.3) is 0 Å². The minimum atomic E-state index is -1.08. The van der Waals surface area contributed by atoms with Crippen molar-refractivity contribution >= 4 is 35.1 Å². The Morgan fingerprint density at radius 1 is 1.28 bits per heavy atom. The van der Waals surface area contributed by atoms with E-state index in [1.54, 1.807) is 18.2 Å². The predicted octanol–water partition coefficient (Wildman–Crippen LogP) is 2.23. The quantitative estimate of drug-likeness (QED) is 0.892. The van der Waals surface area contributed by atoms with E-state index in [1.807, 2.05) is 0 Å². The molecular weight excluding hydrogens is 277 g/mol. The fourth-order valence-corrected chi connectivity index (χ4v) is 2.75. The topological polar surface area (TPSA) is 66.4 Å². The first-order valence-corrected chi connectivity index (χ1v) is 6.17. The lowest BCUT2D eigenvalue weighted by molar-refractivity contribution is -0.138. The Balaban J connectivity index is 2.26. The van der Waals surface area contributed by atoms with Crippen molar-refractivity contribution in [3.8, 4) is 0 Å². The molecule has 96 valence electrons. The van der Waals surface area contributed by atoms with Crippen molar-refractivity contribution in [2.45, 2.75) is 18.3 Å². The van der Waals surface area contributed by atoms with Gasteiger partial charge in [-0.25, -0.2) is 0 Å². The highest BCUT2D eigenvalue weighted by atomic mass is 35.5. The molecule has 0 atom stereocenters. The second kappa shape index (κ2) is 4.78. The summed E-state index contributed by atoms with van der Waals surface area (Å²) in [5, 5.41) is 11.8. The van der Waals surface area contributed by atoms with Gasteiger partial charge in [-0.15, -0.1) is 0 Å². The first-order chi connectivity index (χ1) is 8.47. The summed E-state index contributed by atoms with van der Waals surface area (Å²) in [6, 6.07) is 5.06. The third kappa shape index (κ3) is 2.31. The largest absolute Gasteiger partial charge is 0.480 e. The summed E-state index contributed by atoms with van der Waals surface area (Å²) in [7, 11) is 0. The number of rotatable bonds is 4. The Hall–Kier alpha value is -1.26. The summed E-state index contributed by atoms with van der Waals surface area (Å²) in [4.78, 5) is 22.5. The van der Waals surface area contributed by atoms with Crippen LogP contribution in [-0.4, -0.2) is 23.5 Å². The molecule has 1 fully saturated rings. The molecular formula is C12H11Cl2NO3. The van der Waals surface area contributed by atoms with Gasteiger partial charge in [0.15, 0.2) is 0 Å². The number of carboxylic acid groups (broad SMARTS) is 1. The Morgan fingerprint density at radius 3 is 2.28 bits per heavy atom. The number of hydrogen-bond donors (Lipinski definition) is 2. The normalized spacial score (nSPS) is 16.1. The van der Waals surface area contributed by atoms with E-state index in [1.165, 1.54) is 0 Å². The maximum Gasteiger partial charge on any atom is 0.322 e. The summed E-state index contributed by atoms with van der Waals surface area (Å²) in [6.45, 7) is -0.400. The number of nitrogens with one attached hydrogen (secondary N) is 1. The second-order valence-corrected chi connectivity index (χ2v) is 5.07. The van der Waals surface area contributed by atoms with E-state index in [2.05, 4.69) is 5.32 Å². The molecule has 1 aliphatic carbocycles. The number of hydrogen-bond acceptors (Lipinski definition) is 2. The number of halogens is 2. The number of amides is 1. The van der Waals surface area contributed by atoms with Crippen LogP contribution in [0.3, 0.4) is 0 Å². The predicted molar refractivity (Wildman–Crippen MR) is 68.0 cm³/mol. The third-order valence-electron chi connectivity index (χ3n) is 3.03. The van der Waals surface area contributed by atoms with Crippen LogP contribution in [0.4, 0.5) is 0 Å². The van der Waals surface area contributed by atoms with Crippen molar-refractivity contribution in [2.24, 2.45) is 0 Å². The van der Waals surface area contributed by atoms with E-state index in [-0.39, 0.29) is 5.91 Å². The van der Waals surface area contributed by atoms with Gasteiger partial charge in [-0.05, 0) is 25.0 Å². The Morgan fingerprint density at radius 2 is 1.83 bits per heavy atom. The number of carbonyl (C=O) groups is 2. The summed E-state index contributed by atoms with van der Waals surface area (Å²) in [6.07, 6.45) is 1.25. The molecule has 0 radical (unpaired) electrons. The van der Waals surface area contributed by atoms with Crippen LogP contribution in [0.15, 0.2) is 18.2 Å². The SMILES string of the molecule is O=C(O)CNC(=O)C1(c2c(Cl)cccc2Cl)CC1. The van der Waals surface area contributed by atoms with Gasteiger partial charge in [-0.2, -0.15) is 0 Å². The zero-order valence-corrected chi connectivity index (χ0v) is 10.9. The van der Waals surface area contributed by atoms with Crippen LogP contribution in [0, 0.1) is 0 Å². The molecule has 0 heterocycles. The van der Waals surface area contributed by atoms with Crippen LogP contribution >= 0.6 is 23.2 Å². The van der Waals surface area contributed by atoms with Crippen molar-refractivity contribution in [2.75, 3.05) is 6.54 Å². The van der Waals surface area contributed by atoms with Gasteiger partial charge in [0.05, 0.1) is 5.41 Å². The lowest BCUT2D eigenvalue weighted by atomic mass is 9.94. The van der Waals surface area contributed by atoms with Gasteiger partial charge in [0, 0.05) is 15.6 Å². The number of carbonyl (C=O) groups excluding carboxylic acids is 1. The smallest absolute Gasteiger partial charge is 0.322 e. The van der Waals surface area contributed by atoms with E-state index >= 15 is 0 Å². The molecule has 18 heavy (non-hydrogen) atoms. The highest BCUT2D eigenvalue weighted by molar-refractivity contribution is 6.36. The molecule has 0 aromatic heterocycles. The molecule has 4 nitrogen and oxygen atoms in total. The fourth-order valence-electron chi connectivity index (χ4n) is 2.00. The number of aliphatic carboxylic acids is 1. The second-order valence-electron chi connectivity index (χ2n) is 4.26. The summed E-state index contributed by atoms with van der Waals surface area (Å²) < 4.78 is 0. The van der Waals surface area contributed by atoms with Crippen molar-refractivity contribution in [3.63, 3.8) is 0 Å². The molecule has 2 N–H and O–H groups in total. The van der Waals surface area contributed by atoms with Gasteiger partial charge in [-0.3, -0.25) is 9.59 Å². The van der Waals surface area contributed by atoms with E-state index in [0.717, 1.165) is 0 Å². The Kier molecular flexibility index (Phi) is 3.50. The highest BCUT2D eigenvalue weighted by Crippen LogP contribution is 2.52. The maximum absolute atomic E-state index is 12.0. The standard InChI is InChI=1S/C12H11Cl2NO3/c13-7-2-1-3-8(14)10(7)12(4-5-12)11(18)15-6-9(16)17/h1-3H,4-6H2,(H,15,18)(H,16,17). The number of carboxylic acids is 1. The average molecular weight is 288 g/mol. The first kappa shape index (κ1) is 13.2. The Labute approximate surface area is 114 Å². The molecule has 0 bridgehead atoms. The zero-order chi connectivity index (χ0) is 13.3. The van der Waals surface area contributed by atoms with Gasteiger partial charge in [0.2, 0.25) is 5.91 Å². The Bertz CT molecular complexity index is 492. The molecule has 0 aliphatic heterocycles. The zero-order valence-electron chi connectivity index (χ0n) is 9.37. The minimum absolute atomic E-state index is 0.333. The van der Waals surface area contributed by atoms with Gasteiger partial charge >= 0.3 is 5.97 Å². The van der Waals surface area contributed by atoms with Gasteiger partial charge < -0.3 is 10.4 Å². The van der Waals surface area contributed by atoms with Crippen LogP contribution in [0.2, 0.25) is 10.0 Å². The van der Waals surface area contributed by atoms with E-state index in [4.69, 9.17) is 28.3 Å². The molecule has 2 rings (SSSR count). The van der Waals surface area contributed by atoms with Gasteiger partial charge in [0.1, 0.15) is 6.54 Å². The molecule has 0 saturated heterocycles. The summed E-state index contributed by atoms with van der Waals surface area (Å²) >= 11 is 12.2. The van der Waals surface area contributed by atoms with E-state index < -0.39 is 17.9 Å². The monoisotopic (exact) mass is 287 g/mol. The van der Waals surface area contributed by atoms with E-state index in [9.17, 15) is 9.59 Å². The molecule has 1 aromatic carbocycles. The lowest BCUT2D eigenvalue weighted by Crippen LogP contribution is -2.38. The fraction of sp³-hybridized carbons (Fsp3) is 0.333. The van der Waals surface area contributed by atoms with Crippen LogP contribution in [0.5, 0.6) is 0 Å². The molecule has 1 aliphatic rings. The average Bonchev–Trinajstić information content (AvgIpc) is 3.07. The van der Waals surface area contributed by atoms with Gasteiger partial charge in [-0.1, -0.05) is 29.3 Å². The summed E-state index contributed by atoms with van der Waals surface area (Å²) in [5.41, 5.74) is -0.165.